The van der Waals surface area contributed by atoms with Gasteiger partial charge in [0.2, 0.25) is 0 Å². The molecular weight excluding hydrogens is 298 g/mol. The van der Waals surface area contributed by atoms with Crippen LogP contribution < -0.4 is 10.6 Å². The Morgan fingerprint density at radius 2 is 1.79 bits per heavy atom. The molecule has 0 saturated heterocycles. The number of anilines is 2. The van der Waals surface area contributed by atoms with E-state index in [1.807, 2.05) is 18.2 Å². The lowest BCUT2D eigenvalue weighted by molar-refractivity contribution is 0.0922. The van der Waals surface area contributed by atoms with Crippen LogP contribution >= 0.6 is 0 Å². The second-order valence-corrected chi connectivity index (χ2v) is 6.63. The van der Waals surface area contributed by atoms with Crippen molar-refractivity contribution in [1.29, 1.82) is 0 Å². The van der Waals surface area contributed by atoms with Crippen LogP contribution in [0.4, 0.5) is 11.4 Å². The molecule has 2 N–H and O–H groups in total. The Bertz CT molecular complexity index is 700. The van der Waals surface area contributed by atoms with Crippen molar-refractivity contribution in [3.05, 3.63) is 53.3 Å². The van der Waals surface area contributed by atoms with Gasteiger partial charge in [0.15, 0.2) is 0 Å². The standard InChI is InChI=1S/C20H25N3O/c1-14-7-6-8-15(2)19(14)22-17-11-12-21-18(13-17)20(24)23-16-9-4-3-5-10-16/h6-8,11-13,16H,3-5,9-10H2,1-2H3,(H,21,22)(H,23,24). The van der Waals surface area contributed by atoms with E-state index in [2.05, 4.69) is 41.6 Å². The molecule has 0 spiro atoms. The zero-order chi connectivity index (χ0) is 16.9. The first kappa shape index (κ1) is 16.5. The van der Waals surface area contributed by atoms with Gasteiger partial charge in [-0.05, 0) is 49.9 Å². The van der Waals surface area contributed by atoms with Gasteiger partial charge in [0.25, 0.3) is 5.91 Å². The highest BCUT2D eigenvalue weighted by atomic mass is 16.1. The van der Waals surface area contributed by atoms with Crippen molar-refractivity contribution < 1.29 is 4.79 Å². The number of carbonyl (C=O) groups is 1. The first-order chi connectivity index (χ1) is 11.6. The Balaban J connectivity index is 1.73. The fraction of sp³-hybridized carbons (Fsp3) is 0.400. The number of hydrogen-bond acceptors (Lipinski definition) is 3. The number of para-hydroxylation sites is 1. The zero-order valence-corrected chi connectivity index (χ0v) is 14.4. The van der Waals surface area contributed by atoms with Crippen LogP contribution in [0.3, 0.4) is 0 Å². The van der Waals surface area contributed by atoms with Crippen LogP contribution in [0.1, 0.15) is 53.7 Å². The molecule has 1 amide bonds. The molecule has 0 radical (unpaired) electrons. The van der Waals surface area contributed by atoms with Crippen LogP contribution in [0, 0.1) is 13.8 Å². The van der Waals surface area contributed by atoms with Gasteiger partial charge in [0, 0.05) is 23.6 Å². The van der Waals surface area contributed by atoms with Crippen LogP contribution in [-0.4, -0.2) is 16.9 Å². The van der Waals surface area contributed by atoms with Crippen molar-refractivity contribution >= 4 is 17.3 Å². The average Bonchev–Trinajstić information content (AvgIpc) is 2.59. The quantitative estimate of drug-likeness (QED) is 0.870. The second kappa shape index (κ2) is 7.47. The summed E-state index contributed by atoms with van der Waals surface area (Å²) in [6.45, 7) is 4.15. The summed E-state index contributed by atoms with van der Waals surface area (Å²) in [4.78, 5) is 16.7. The number of hydrogen-bond donors (Lipinski definition) is 2. The normalized spacial score (nSPS) is 15.1. The highest BCUT2D eigenvalue weighted by molar-refractivity contribution is 5.93. The van der Waals surface area contributed by atoms with Gasteiger partial charge in [-0.25, -0.2) is 0 Å². The smallest absolute Gasteiger partial charge is 0.270 e. The molecular formula is C20H25N3O. The molecule has 1 aliphatic rings. The highest BCUT2D eigenvalue weighted by Crippen LogP contribution is 2.24. The number of amides is 1. The number of pyridine rings is 1. The molecule has 3 rings (SSSR count). The van der Waals surface area contributed by atoms with Gasteiger partial charge in [-0.3, -0.25) is 9.78 Å². The second-order valence-electron chi connectivity index (χ2n) is 6.63. The van der Waals surface area contributed by atoms with E-state index in [1.165, 1.54) is 30.4 Å². The molecule has 0 bridgehead atoms. The third-order valence-electron chi connectivity index (χ3n) is 4.68. The summed E-state index contributed by atoms with van der Waals surface area (Å²) in [6, 6.07) is 10.2. The van der Waals surface area contributed by atoms with E-state index in [0.717, 1.165) is 24.2 Å². The summed E-state index contributed by atoms with van der Waals surface area (Å²) in [5, 5.41) is 6.54. The number of rotatable bonds is 4. The topological polar surface area (TPSA) is 54.0 Å². The van der Waals surface area contributed by atoms with E-state index < -0.39 is 0 Å². The number of benzene rings is 1. The molecule has 1 saturated carbocycles. The van der Waals surface area contributed by atoms with E-state index in [9.17, 15) is 4.79 Å². The molecule has 1 aromatic heterocycles. The summed E-state index contributed by atoms with van der Waals surface area (Å²) in [7, 11) is 0. The lowest BCUT2D eigenvalue weighted by Gasteiger charge is -2.22. The predicted molar refractivity (Wildman–Crippen MR) is 97.8 cm³/mol. The van der Waals surface area contributed by atoms with E-state index in [1.54, 1.807) is 6.20 Å². The fourth-order valence-electron chi connectivity index (χ4n) is 3.29. The number of aryl methyl sites for hydroxylation is 2. The van der Waals surface area contributed by atoms with Crippen molar-refractivity contribution in [2.24, 2.45) is 0 Å². The molecule has 4 heteroatoms. The molecule has 4 nitrogen and oxygen atoms in total. The fourth-order valence-corrected chi connectivity index (χ4v) is 3.29. The van der Waals surface area contributed by atoms with Gasteiger partial charge >= 0.3 is 0 Å². The maximum Gasteiger partial charge on any atom is 0.270 e. The third-order valence-corrected chi connectivity index (χ3v) is 4.68. The van der Waals surface area contributed by atoms with Crippen LogP contribution in [0.5, 0.6) is 0 Å². The van der Waals surface area contributed by atoms with Gasteiger partial charge < -0.3 is 10.6 Å². The molecule has 1 aromatic carbocycles. The van der Waals surface area contributed by atoms with E-state index in [0.29, 0.717) is 11.7 Å². The molecule has 1 fully saturated rings. The summed E-state index contributed by atoms with van der Waals surface area (Å²) in [5.74, 6) is -0.0768. The van der Waals surface area contributed by atoms with Crippen molar-refractivity contribution in [1.82, 2.24) is 10.3 Å². The number of aromatic nitrogens is 1. The third kappa shape index (κ3) is 3.94. The van der Waals surface area contributed by atoms with E-state index in [-0.39, 0.29) is 5.91 Å². The molecule has 0 atom stereocenters. The maximum absolute atomic E-state index is 12.5. The summed E-state index contributed by atoms with van der Waals surface area (Å²) in [5.41, 5.74) is 4.80. The summed E-state index contributed by atoms with van der Waals surface area (Å²) >= 11 is 0. The number of nitrogens with zero attached hydrogens (tertiary/aromatic N) is 1. The van der Waals surface area contributed by atoms with Gasteiger partial charge in [0.05, 0.1) is 0 Å². The molecule has 1 aliphatic carbocycles. The molecule has 0 aliphatic heterocycles. The van der Waals surface area contributed by atoms with Crippen LogP contribution in [0.15, 0.2) is 36.5 Å². The van der Waals surface area contributed by atoms with Crippen LogP contribution in [-0.2, 0) is 0 Å². The van der Waals surface area contributed by atoms with Gasteiger partial charge in [-0.2, -0.15) is 0 Å². The van der Waals surface area contributed by atoms with Crippen molar-refractivity contribution in [2.75, 3.05) is 5.32 Å². The zero-order valence-electron chi connectivity index (χ0n) is 14.4. The first-order valence-electron chi connectivity index (χ1n) is 8.73. The van der Waals surface area contributed by atoms with Gasteiger partial charge in [0.1, 0.15) is 5.69 Å². The minimum Gasteiger partial charge on any atom is -0.355 e. The molecule has 1 heterocycles. The average molecular weight is 323 g/mol. The first-order valence-corrected chi connectivity index (χ1v) is 8.73. The van der Waals surface area contributed by atoms with Crippen molar-refractivity contribution in [3.63, 3.8) is 0 Å². The highest BCUT2D eigenvalue weighted by Gasteiger charge is 2.17. The number of nitrogens with one attached hydrogen (secondary N) is 2. The SMILES string of the molecule is Cc1cccc(C)c1Nc1ccnc(C(=O)NC2CCCCC2)c1. The van der Waals surface area contributed by atoms with E-state index >= 15 is 0 Å². The van der Waals surface area contributed by atoms with Crippen LogP contribution in [0.2, 0.25) is 0 Å². The lowest BCUT2D eigenvalue weighted by atomic mass is 9.95. The van der Waals surface area contributed by atoms with Gasteiger partial charge in [-0.15, -0.1) is 0 Å². The lowest BCUT2D eigenvalue weighted by Crippen LogP contribution is -2.36. The van der Waals surface area contributed by atoms with Crippen molar-refractivity contribution in [2.45, 2.75) is 52.0 Å². The Labute approximate surface area is 143 Å². The molecule has 24 heavy (non-hydrogen) atoms. The Hall–Kier alpha value is -2.36. The molecule has 0 unspecified atom stereocenters. The number of carbonyl (C=O) groups excluding carboxylic acids is 1. The summed E-state index contributed by atoms with van der Waals surface area (Å²) in [6.07, 6.45) is 7.52. The van der Waals surface area contributed by atoms with E-state index in [4.69, 9.17) is 0 Å². The molecule has 126 valence electrons. The Kier molecular flexibility index (Phi) is 5.14. The largest absolute Gasteiger partial charge is 0.355 e. The minimum atomic E-state index is -0.0768. The van der Waals surface area contributed by atoms with Crippen LogP contribution in [0.25, 0.3) is 0 Å². The predicted octanol–water partition coefficient (Wildman–Crippen LogP) is 4.50. The summed E-state index contributed by atoms with van der Waals surface area (Å²) < 4.78 is 0. The Morgan fingerprint density at radius 3 is 2.50 bits per heavy atom. The van der Waals surface area contributed by atoms with Gasteiger partial charge in [-0.1, -0.05) is 37.5 Å². The minimum absolute atomic E-state index is 0.0768. The maximum atomic E-state index is 12.5. The Morgan fingerprint density at radius 1 is 1.08 bits per heavy atom. The molecule has 2 aromatic rings. The monoisotopic (exact) mass is 323 g/mol. The van der Waals surface area contributed by atoms with Crippen molar-refractivity contribution in [3.8, 4) is 0 Å².